The van der Waals surface area contributed by atoms with E-state index in [1.165, 1.54) is 0 Å². The van der Waals surface area contributed by atoms with Crippen molar-refractivity contribution < 1.29 is 9.32 Å². The fraction of sp³-hybridized carbons (Fsp3) is 0.375. The van der Waals surface area contributed by atoms with Crippen molar-refractivity contribution >= 4 is 11.6 Å². The van der Waals surface area contributed by atoms with Crippen LogP contribution in [0, 0.1) is 13.8 Å². The highest BCUT2D eigenvalue weighted by Crippen LogP contribution is 2.29. The molecule has 0 aliphatic heterocycles. The van der Waals surface area contributed by atoms with Gasteiger partial charge in [0.2, 0.25) is 0 Å². The lowest BCUT2D eigenvalue weighted by molar-refractivity contribution is 0.102. The van der Waals surface area contributed by atoms with Crippen molar-refractivity contribution in [1.29, 1.82) is 0 Å². The summed E-state index contributed by atoms with van der Waals surface area (Å²) in [6, 6.07) is 7.84. The number of carbonyl (C=O) groups excluding carboxylic acids is 1. The molecule has 1 N–H and O–H groups in total. The number of carbonyl (C=O) groups is 1. The van der Waals surface area contributed by atoms with E-state index in [2.05, 4.69) is 31.2 Å². The summed E-state index contributed by atoms with van der Waals surface area (Å²) in [5.41, 5.74) is 3.00. The van der Waals surface area contributed by atoms with Gasteiger partial charge in [0.25, 0.3) is 5.91 Å². The van der Waals surface area contributed by atoms with Gasteiger partial charge in [0, 0.05) is 5.69 Å². The molecule has 0 spiro atoms. The number of nitrogens with one attached hydrogen (secondary N) is 1. The fourth-order valence-electron chi connectivity index (χ4n) is 2.24. The first-order valence-corrected chi connectivity index (χ1v) is 6.64. The zero-order valence-corrected chi connectivity index (χ0v) is 12.6. The number of nitrogens with zero attached hydrogens (tertiary/aromatic N) is 1. The van der Waals surface area contributed by atoms with Gasteiger partial charge in [0.1, 0.15) is 11.3 Å². The molecule has 4 heteroatoms. The lowest BCUT2D eigenvalue weighted by Gasteiger charge is -2.22. The summed E-state index contributed by atoms with van der Waals surface area (Å²) in [7, 11) is 0. The summed E-state index contributed by atoms with van der Waals surface area (Å²) in [5, 5.41) is 6.78. The number of anilines is 1. The van der Waals surface area contributed by atoms with Crippen molar-refractivity contribution in [2.75, 3.05) is 5.32 Å². The number of amides is 1. The summed E-state index contributed by atoms with van der Waals surface area (Å²) in [6.45, 7) is 9.86. The van der Waals surface area contributed by atoms with E-state index in [4.69, 9.17) is 4.52 Å². The molecule has 2 aromatic rings. The number of rotatable bonds is 2. The summed E-state index contributed by atoms with van der Waals surface area (Å²) in [6.07, 6.45) is 0. The lowest BCUT2D eigenvalue weighted by Crippen LogP contribution is -2.19. The molecular formula is C16H20N2O2. The van der Waals surface area contributed by atoms with Crippen molar-refractivity contribution in [3.8, 4) is 0 Å². The van der Waals surface area contributed by atoms with Crippen molar-refractivity contribution in [3.05, 3.63) is 46.8 Å². The number of para-hydroxylation sites is 1. The van der Waals surface area contributed by atoms with Gasteiger partial charge < -0.3 is 9.84 Å². The van der Waals surface area contributed by atoms with Gasteiger partial charge >= 0.3 is 0 Å². The summed E-state index contributed by atoms with van der Waals surface area (Å²) in [4.78, 5) is 12.4. The SMILES string of the molecule is Cc1noc(C)c1C(=O)Nc1ccccc1C(C)(C)C. The quantitative estimate of drug-likeness (QED) is 0.903. The highest BCUT2D eigenvalue weighted by molar-refractivity contribution is 6.06. The summed E-state index contributed by atoms with van der Waals surface area (Å²) in [5.74, 6) is 0.353. The van der Waals surface area contributed by atoms with Gasteiger partial charge in [-0.2, -0.15) is 0 Å². The second-order valence-electron chi connectivity index (χ2n) is 5.95. The Kier molecular flexibility index (Phi) is 3.66. The molecule has 20 heavy (non-hydrogen) atoms. The van der Waals surface area contributed by atoms with E-state index in [1.807, 2.05) is 24.3 Å². The third-order valence-electron chi connectivity index (χ3n) is 3.24. The normalized spacial score (nSPS) is 11.4. The topological polar surface area (TPSA) is 55.1 Å². The van der Waals surface area contributed by atoms with Gasteiger partial charge in [-0.05, 0) is 30.9 Å². The fourth-order valence-corrected chi connectivity index (χ4v) is 2.24. The van der Waals surface area contributed by atoms with Crippen LogP contribution < -0.4 is 5.32 Å². The predicted octanol–water partition coefficient (Wildman–Crippen LogP) is 3.84. The number of aromatic nitrogens is 1. The van der Waals surface area contributed by atoms with Crippen molar-refractivity contribution in [2.24, 2.45) is 0 Å². The maximum atomic E-state index is 12.4. The Hall–Kier alpha value is -2.10. The Morgan fingerprint density at radius 2 is 1.85 bits per heavy atom. The van der Waals surface area contributed by atoms with Crippen LogP contribution >= 0.6 is 0 Å². The number of hydrogen-bond donors (Lipinski definition) is 1. The molecule has 2 rings (SSSR count). The maximum Gasteiger partial charge on any atom is 0.261 e. The minimum atomic E-state index is -0.182. The number of benzene rings is 1. The van der Waals surface area contributed by atoms with Gasteiger partial charge in [-0.25, -0.2) is 0 Å². The Labute approximate surface area is 119 Å². The second kappa shape index (κ2) is 5.12. The van der Waals surface area contributed by atoms with Crippen LogP contribution in [0.3, 0.4) is 0 Å². The minimum Gasteiger partial charge on any atom is -0.361 e. The van der Waals surface area contributed by atoms with Crippen molar-refractivity contribution in [1.82, 2.24) is 5.16 Å². The van der Waals surface area contributed by atoms with E-state index >= 15 is 0 Å². The zero-order valence-electron chi connectivity index (χ0n) is 12.6. The smallest absolute Gasteiger partial charge is 0.261 e. The molecule has 0 saturated carbocycles. The van der Waals surface area contributed by atoms with Crippen molar-refractivity contribution in [3.63, 3.8) is 0 Å². The first-order chi connectivity index (χ1) is 9.30. The average Bonchev–Trinajstić information content (AvgIpc) is 2.68. The highest BCUT2D eigenvalue weighted by Gasteiger charge is 2.21. The van der Waals surface area contributed by atoms with Crippen LogP contribution in [0.15, 0.2) is 28.8 Å². The number of aryl methyl sites for hydroxylation is 2. The minimum absolute atomic E-state index is 0.0391. The molecule has 0 unspecified atom stereocenters. The third-order valence-corrected chi connectivity index (χ3v) is 3.24. The van der Waals surface area contributed by atoms with Crippen LogP contribution in [-0.4, -0.2) is 11.1 Å². The van der Waals surface area contributed by atoms with E-state index in [1.54, 1.807) is 13.8 Å². The molecule has 1 heterocycles. The van der Waals surface area contributed by atoms with E-state index in [0.29, 0.717) is 17.0 Å². The van der Waals surface area contributed by atoms with Gasteiger partial charge in [-0.15, -0.1) is 0 Å². The largest absolute Gasteiger partial charge is 0.361 e. The Balaban J connectivity index is 2.34. The maximum absolute atomic E-state index is 12.4. The van der Waals surface area contributed by atoms with Crippen LogP contribution in [0.1, 0.15) is 48.1 Å². The third kappa shape index (κ3) is 2.74. The average molecular weight is 272 g/mol. The zero-order chi connectivity index (χ0) is 14.9. The van der Waals surface area contributed by atoms with Crippen LogP contribution in [0.25, 0.3) is 0 Å². The predicted molar refractivity (Wildman–Crippen MR) is 79.1 cm³/mol. The monoisotopic (exact) mass is 272 g/mol. The molecule has 0 saturated heterocycles. The van der Waals surface area contributed by atoms with E-state index in [9.17, 15) is 4.79 Å². The van der Waals surface area contributed by atoms with E-state index < -0.39 is 0 Å². The van der Waals surface area contributed by atoms with Gasteiger partial charge in [0.05, 0.1) is 5.69 Å². The summed E-state index contributed by atoms with van der Waals surface area (Å²) >= 11 is 0. The molecule has 0 aliphatic rings. The van der Waals surface area contributed by atoms with E-state index in [0.717, 1.165) is 11.3 Å². The first-order valence-electron chi connectivity index (χ1n) is 6.64. The molecule has 0 bridgehead atoms. The van der Waals surface area contributed by atoms with Crippen LogP contribution in [-0.2, 0) is 5.41 Å². The lowest BCUT2D eigenvalue weighted by atomic mass is 9.86. The van der Waals surface area contributed by atoms with Gasteiger partial charge in [0.15, 0.2) is 0 Å². The summed E-state index contributed by atoms with van der Waals surface area (Å²) < 4.78 is 5.04. The van der Waals surface area contributed by atoms with E-state index in [-0.39, 0.29) is 11.3 Å². The molecule has 0 radical (unpaired) electrons. The molecule has 0 fully saturated rings. The molecule has 1 aromatic heterocycles. The second-order valence-corrected chi connectivity index (χ2v) is 5.95. The van der Waals surface area contributed by atoms with Crippen LogP contribution in [0.2, 0.25) is 0 Å². The Bertz CT molecular complexity index is 617. The van der Waals surface area contributed by atoms with Crippen molar-refractivity contribution in [2.45, 2.75) is 40.0 Å². The molecule has 1 aromatic carbocycles. The molecule has 106 valence electrons. The molecule has 4 nitrogen and oxygen atoms in total. The molecule has 0 aliphatic carbocycles. The number of hydrogen-bond acceptors (Lipinski definition) is 3. The molecule has 0 atom stereocenters. The first kappa shape index (κ1) is 14.3. The van der Waals surface area contributed by atoms with Crippen LogP contribution in [0.5, 0.6) is 0 Å². The van der Waals surface area contributed by atoms with Gasteiger partial charge in [-0.1, -0.05) is 44.1 Å². The molecular weight excluding hydrogens is 252 g/mol. The Morgan fingerprint density at radius 1 is 1.20 bits per heavy atom. The highest BCUT2D eigenvalue weighted by atomic mass is 16.5. The Morgan fingerprint density at radius 3 is 2.40 bits per heavy atom. The van der Waals surface area contributed by atoms with Crippen LogP contribution in [0.4, 0.5) is 5.69 Å². The molecule has 1 amide bonds. The van der Waals surface area contributed by atoms with Gasteiger partial charge in [-0.3, -0.25) is 4.79 Å². The standard InChI is InChI=1S/C16H20N2O2/c1-10-14(11(2)20-18-10)15(19)17-13-9-7-6-8-12(13)16(3,4)5/h6-9H,1-5H3,(H,17,19).